The molecule has 0 aromatic carbocycles. The Morgan fingerprint density at radius 1 is 1.50 bits per heavy atom. The molecule has 0 bridgehead atoms. The number of nitrogen functional groups attached to an aromatic ring is 1. The molecular formula is C12H16N6O2. The number of nitrogens with zero attached hydrogens (tertiary/aromatic N) is 3. The molecule has 8 nitrogen and oxygen atoms in total. The number of hydrogen-bond donors (Lipinski definition) is 3. The molecule has 2 aromatic heterocycles. The van der Waals surface area contributed by atoms with Gasteiger partial charge in [0.05, 0.1) is 25.0 Å². The summed E-state index contributed by atoms with van der Waals surface area (Å²) < 4.78 is 6.70. The SMILES string of the molecule is COc1cc(CNC(=O)c2cc(NN)ccn2)nn1C. The van der Waals surface area contributed by atoms with E-state index in [0.717, 1.165) is 0 Å². The Morgan fingerprint density at radius 2 is 2.30 bits per heavy atom. The molecule has 1 amide bonds. The van der Waals surface area contributed by atoms with E-state index in [9.17, 15) is 4.79 Å². The van der Waals surface area contributed by atoms with Gasteiger partial charge in [0.15, 0.2) is 0 Å². The highest BCUT2D eigenvalue weighted by molar-refractivity contribution is 5.92. The Morgan fingerprint density at radius 3 is 2.95 bits per heavy atom. The topological polar surface area (TPSA) is 107 Å². The van der Waals surface area contributed by atoms with Gasteiger partial charge in [-0.3, -0.25) is 15.6 Å². The van der Waals surface area contributed by atoms with Gasteiger partial charge in [0.2, 0.25) is 5.88 Å². The Hall–Kier alpha value is -2.61. The molecule has 2 rings (SSSR count). The van der Waals surface area contributed by atoms with Gasteiger partial charge in [0.25, 0.3) is 5.91 Å². The predicted molar refractivity (Wildman–Crippen MR) is 73.0 cm³/mol. The number of pyridine rings is 1. The number of amides is 1. The lowest BCUT2D eigenvalue weighted by Gasteiger charge is -2.04. The van der Waals surface area contributed by atoms with Crippen molar-refractivity contribution < 1.29 is 9.53 Å². The maximum Gasteiger partial charge on any atom is 0.270 e. The number of hydrazine groups is 1. The van der Waals surface area contributed by atoms with Crippen LogP contribution in [0.2, 0.25) is 0 Å². The maximum atomic E-state index is 11.9. The third-order valence-corrected chi connectivity index (χ3v) is 2.69. The van der Waals surface area contributed by atoms with Crippen molar-refractivity contribution in [3.63, 3.8) is 0 Å². The lowest BCUT2D eigenvalue weighted by atomic mass is 10.3. The molecular weight excluding hydrogens is 260 g/mol. The van der Waals surface area contributed by atoms with E-state index in [-0.39, 0.29) is 18.1 Å². The Kier molecular flexibility index (Phi) is 4.16. The van der Waals surface area contributed by atoms with E-state index in [1.54, 1.807) is 37.0 Å². The smallest absolute Gasteiger partial charge is 0.270 e. The van der Waals surface area contributed by atoms with Crippen LogP contribution in [0.25, 0.3) is 0 Å². The molecule has 0 spiro atoms. The van der Waals surface area contributed by atoms with Gasteiger partial charge in [-0.1, -0.05) is 0 Å². The van der Waals surface area contributed by atoms with Crippen LogP contribution < -0.4 is 21.3 Å². The second kappa shape index (κ2) is 6.02. The summed E-state index contributed by atoms with van der Waals surface area (Å²) in [6.45, 7) is 0.290. The number of hydrogen-bond acceptors (Lipinski definition) is 6. The fourth-order valence-electron chi connectivity index (χ4n) is 1.69. The van der Waals surface area contributed by atoms with Crippen LogP contribution in [0.4, 0.5) is 5.69 Å². The van der Waals surface area contributed by atoms with E-state index in [0.29, 0.717) is 17.3 Å². The zero-order valence-corrected chi connectivity index (χ0v) is 11.3. The van der Waals surface area contributed by atoms with Crippen molar-refractivity contribution in [1.82, 2.24) is 20.1 Å². The number of ether oxygens (including phenoxy) is 1. The van der Waals surface area contributed by atoms with Crippen LogP contribution in [0, 0.1) is 0 Å². The van der Waals surface area contributed by atoms with Gasteiger partial charge in [-0.15, -0.1) is 0 Å². The second-order valence-corrected chi connectivity index (χ2v) is 4.06. The van der Waals surface area contributed by atoms with E-state index < -0.39 is 0 Å². The summed E-state index contributed by atoms with van der Waals surface area (Å²) in [7, 11) is 3.33. The highest BCUT2D eigenvalue weighted by atomic mass is 16.5. The lowest BCUT2D eigenvalue weighted by Crippen LogP contribution is -2.24. The predicted octanol–water partition coefficient (Wildman–Crippen LogP) is 0.0393. The van der Waals surface area contributed by atoms with Gasteiger partial charge in [0, 0.05) is 19.3 Å². The summed E-state index contributed by atoms with van der Waals surface area (Å²) in [6, 6.07) is 4.99. The van der Waals surface area contributed by atoms with Crippen molar-refractivity contribution in [2.75, 3.05) is 12.5 Å². The number of methoxy groups -OCH3 is 1. The van der Waals surface area contributed by atoms with Crippen LogP contribution in [0.5, 0.6) is 5.88 Å². The zero-order chi connectivity index (χ0) is 14.5. The van der Waals surface area contributed by atoms with Crippen LogP contribution in [0.15, 0.2) is 24.4 Å². The lowest BCUT2D eigenvalue weighted by molar-refractivity contribution is 0.0945. The minimum atomic E-state index is -0.299. The molecule has 0 unspecified atom stereocenters. The van der Waals surface area contributed by atoms with Crippen LogP contribution in [-0.4, -0.2) is 27.8 Å². The molecule has 0 saturated carbocycles. The average molecular weight is 276 g/mol. The summed E-state index contributed by atoms with van der Waals surface area (Å²) in [5, 5.41) is 6.93. The largest absolute Gasteiger partial charge is 0.481 e. The number of nitrogens with two attached hydrogens (primary N) is 1. The maximum absolute atomic E-state index is 11.9. The summed E-state index contributed by atoms with van der Waals surface area (Å²) in [4.78, 5) is 15.9. The number of nitrogens with one attached hydrogen (secondary N) is 2. The Bertz CT molecular complexity index is 610. The van der Waals surface area contributed by atoms with Gasteiger partial charge in [-0.05, 0) is 12.1 Å². The minimum absolute atomic E-state index is 0.281. The van der Waals surface area contributed by atoms with Crippen molar-refractivity contribution >= 4 is 11.6 Å². The molecule has 2 heterocycles. The monoisotopic (exact) mass is 276 g/mol. The molecule has 0 aliphatic heterocycles. The van der Waals surface area contributed by atoms with Crippen molar-refractivity contribution in [3.8, 4) is 5.88 Å². The molecule has 0 aliphatic carbocycles. The highest BCUT2D eigenvalue weighted by Crippen LogP contribution is 2.11. The van der Waals surface area contributed by atoms with Gasteiger partial charge >= 0.3 is 0 Å². The standard InChI is InChI=1S/C12H16N6O2/c1-18-11(20-2)6-9(17-18)7-15-12(19)10-5-8(16-13)3-4-14-10/h3-6H,7,13H2,1-2H3,(H,14,16)(H,15,19). The normalized spacial score (nSPS) is 10.2. The number of anilines is 1. The molecule has 20 heavy (non-hydrogen) atoms. The van der Waals surface area contributed by atoms with Gasteiger partial charge in [-0.2, -0.15) is 5.10 Å². The molecule has 8 heteroatoms. The van der Waals surface area contributed by atoms with E-state index in [1.165, 1.54) is 6.20 Å². The number of carbonyl (C=O) groups is 1. The first kappa shape index (κ1) is 13.8. The van der Waals surface area contributed by atoms with E-state index in [1.807, 2.05) is 0 Å². The quantitative estimate of drug-likeness (QED) is 0.526. The number of rotatable bonds is 5. The van der Waals surface area contributed by atoms with Crippen LogP contribution in [0.3, 0.4) is 0 Å². The Labute approximate surface area is 115 Å². The highest BCUT2D eigenvalue weighted by Gasteiger charge is 2.10. The first-order valence-corrected chi connectivity index (χ1v) is 5.92. The van der Waals surface area contributed by atoms with Gasteiger partial charge < -0.3 is 15.5 Å². The van der Waals surface area contributed by atoms with E-state index >= 15 is 0 Å². The minimum Gasteiger partial charge on any atom is -0.481 e. The molecule has 0 fully saturated rings. The third-order valence-electron chi connectivity index (χ3n) is 2.69. The van der Waals surface area contributed by atoms with Gasteiger partial charge in [0.1, 0.15) is 5.69 Å². The first-order chi connectivity index (χ1) is 9.63. The fraction of sp³-hybridized carbons (Fsp3) is 0.250. The molecule has 0 radical (unpaired) electrons. The number of carbonyl (C=O) groups excluding carboxylic acids is 1. The summed E-state index contributed by atoms with van der Waals surface area (Å²) >= 11 is 0. The third kappa shape index (κ3) is 3.04. The van der Waals surface area contributed by atoms with Crippen LogP contribution in [0.1, 0.15) is 16.2 Å². The number of aromatic nitrogens is 3. The van der Waals surface area contributed by atoms with Crippen molar-refractivity contribution in [2.45, 2.75) is 6.54 Å². The van der Waals surface area contributed by atoms with Crippen molar-refractivity contribution in [3.05, 3.63) is 35.8 Å². The molecule has 0 atom stereocenters. The van der Waals surface area contributed by atoms with Crippen molar-refractivity contribution in [1.29, 1.82) is 0 Å². The Balaban J connectivity index is 2.00. The summed E-state index contributed by atoms with van der Waals surface area (Å²) in [5.74, 6) is 5.61. The molecule has 106 valence electrons. The molecule has 0 aliphatic rings. The number of aryl methyl sites for hydroxylation is 1. The molecule has 4 N–H and O–H groups in total. The van der Waals surface area contributed by atoms with Gasteiger partial charge in [-0.25, -0.2) is 4.68 Å². The van der Waals surface area contributed by atoms with E-state index in [2.05, 4.69) is 20.8 Å². The van der Waals surface area contributed by atoms with E-state index in [4.69, 9.17) is 10.6 Å². The van der Waals surface area contributed by atoms with Crippen LogP contribution in [-0.2, 0) is 13.6 Å². The first-order valence-electron chi connectivity index (χ1n) is 5.92. The van der Waals surface area contributed by atoms with Crippen LogP contribution >= 0.6 is 0 Å². The molecule has 2 aromatic rings. The fourth-order valence-corrected chi connectivity index (χ4v) is 1.69. The average Bonchev–Trinajstić information content (AvgIpc) is 2.85. The summed E-state index contributed by atoms with van der Waals surface area (Å²) in [5.41, 5.74) is 4.06. The van der Waals surface area contributed by atoms with Crippen molar-refractivity contribution in [2.24, 2.45) is 12.9 Å². The molecule has 0 saturated heterocycles. The summed E-state index contributed by atoms with van der Waals surface area (Å²) in [6.07, 6.45) is 1.51. The second-order valence-electron chi connectivity index (χ2n) is 4.06. The zero-order valence-electron chi connectivity index (χ0n) is 11.3.